The summed E-state index contributed by atoms with van der Waals surface area (Å²) in [6.45, 7) is 3.34. The number of phenolic OH excluding ortho intramolecular Hbond substituents is 2. The minimum absolute atomic E-state index is 0.0875. The summed E-state index contributed by atoms with van der Waals surface area (Å²) in [4.78, 5) is 14.6. The summed E-state index contributed by atoms with van der Waals surface area (Å²) in [5, 5.41) is 24.9. The van der Waals surface area contributed by atoms with Crippen LogP contribution in [0.2, 0.25) is 0 Å². The van der Waals surface area contributed by atoms with Crippen molar-refractivity contribution in [3.8, 4) is 33.9 Å². The highest BCUT2D eigenvalue weighted by molar-refractivity contribution is 6.02. The number of aromatic hydroxyl groups is 2. The van der Waals surface area contributed by atoms with Gasteiger partial charge in [0.05, 0.1) is 11.1 Å². The third-order valence-corrected chi connectivity index (χ3v) is 6.13. The molecule has 0 saturated heterocycles. The summed E-state index contributed by atoms with van der Waals surface area (Å²) < 4.78 is 5.61. The molecule has 6 heteroatoms. The van der Waals surface area contributed by atoms with Gasteiger partial charge >= 0.3 is 0 Å². The number of fused-ring (bicyclic) bond motifs is 1. The van der Waals surface area contributed by atoms with E-state index in [2.05, 4.69) is 29.2 Å². The number of ketones is 1. The molecule has 1 aliphatic heterocycles. The first-order valence-corrected chi connectivity index (χ1v) is 10.3. The zero-order valence-electron chi connectivity index (χ0n) is 17.1. The van der Waals surface area contributed by atoms with Gasteiger partial charge in [-0.3, -0.25) is 4.79 Å². The van der Waals surface area contributed by atoms with Crippen molar-refractivity contribution in [2.24, 2.45) is 0 Å². The van der Waals surface area contributed by atoms with Gasteiger partial charge < -0.3 is 19.6 Å². The summed E-state index contributed by atoms with van der Waals surface area (Å²) in [6, 6.07) is 9.30. The molecule has 2 aromatic carbocycles. The first kappa shape index (κ1) is 18.9. The van der Waals surface area contributed by atoms with E-state index in [4.69, 9.17) is 4.52 Å². The van der Waals surface area contributed by atoms with E-state index in [1.54, 1.807) is 6.07 Å². The van der Waals surface area contributed by atoms with Crippen LogP contribution in [0.25, 0.3) is 22.5 Å². The molecule has 1 fully saturated rings. The third kappa shape index (κ3) is 3.17. The zero-order chi connectivity index (χ0) is 21.0. The highest BCUT2D eigenvalue weighted by atomic mass is 16.5. The monoisotopic (exact) mass is 404 g/mol. The maximum atomic E-state index is 12.3. The van der Waals surface area contributed by atoms with E-state index in [-0.39, 0.29) is 23.0 Å². The number of carbonyl (C=O) groups is 1. The van der Waals surface area contributed by atoms with Crippen molar-refractivity contribution in [1.29, 1.82) is 0 Å². The highest BCUT2D eigenvalue weighted by Crippen LogP contribution is 2.49. The predicted molar refractivity (Wildman–Crippen MR) is 113 cm³/mol. The van der Waals surface area contributed by atoms with Crippen molar-refractivity contribution in [3.63, 3.8) is 0 Å². The van der Waals surface area contributed by atoms with E-state index in [0.717, 1.165) is 43.5 Å². The van der Waals surface area contributed by atoms with E-state index >= 15 is 0 Å². The number of rotatable bonds is 4. The van der Waals surface area contributed by atoms with E-state index in [1.807, 2.05) is 6.07 Å². The van der Waals surface area contributed by atoms with Crippen molar-refractivity contribution >= 4 is 5.78 Å². The van der Waals surface area contributed by atoms with Gasteiger partial charge in [-0.05, 0) is 60.5 Å². The molecule has 6 nitrogen and oxygen atoms in total. The molecule has 0 radical (unpaired) electrons. The maximum absolute atomic E-state index is 12.3. The van der Waals surface area contributed by atoms with Crippen molar-refractivity contribution in [2.45, 2.75) is 38.6 Å². The quantitative estimate of drug-likeness (QED) is 0.623. The predicted octanol–water partition coefficient (Wildman–Crippen LogP) is 4.49. The number of aromatic nitrogens is 1. The molecule has 3 aromatic rings. The molecule has 154 valence electrons. The van der Waals surface area contributed by atoms with Gasteiger partial charge in [0.25, 0.3) is 0 Å². The van der Waals surface area contributed by atoms with Crippen LogP contribution in [0, 0.1) is 0 Å². The van der Waals surface area contributed by atoms with Crippen molar-refractivity contribution in [3.05, 3.63) is 52.7 Å². The van der Waals surface area contributed by atoms with Gasteiger partial charge in [0.2, 0.25) is 0 Å². The number of nitrogens with zero attached hydrogens (tertiary/aromatic N) is 2. The molecule has 0 spiro atoms. The highest BCUT2D eigenvalue weighted by Gasteiger charge is 2.30. The first-order chi connectivity index (χ1) is 14.4. The summed E-state index contributed by atoms with van der Waals surface area (Å²) in [5.74, 6) is 0.447. The molecule has 1 aliphatic carbocycles. The fourth-order valence-electron chi connectivity index (χ4n) is 4.33. The van der Waals surface area contributed by atoms with Gasteiger partial charge in [0.15, 0.2) is 17.2 Å². The average Bonchev–Trinajstić information content (AvgIpc) is 3.45. The van der Waals surface area contributed by atoms with Gasteiger partial charge in [0, 0.05) is 26.1 Å². The summed E-state index contributed by atoms with van der Waals surface area (Å²) >= 11 is 0. The van der Waals surface area contributed by atoms with Gasteiger partial charge in [-0.15, -0.1) is 0 Å². The molecule has 1 saturated carbocycles. The fourth-order valence-corrected chi connectivity index (χ4v) is 4.33. The Morgan fingerprint density at radius 3 is 2.67 bits per heavy atom. The lowest BCUT2D eigenvalue weighted by molar-refractivity contribution is 0.101. The molecule has 2 aliphatic rings. The molecule has 30 heavy (non-hydrogen) atoms. The Bertz CT molecular complexity index is 1160. The standard InChI is InChI=1S/C24H24N2O4/c1-13(27)23-22(16-5-6-17-12-26(2)8-7-15(17)9-16)24(30-25-23)19-10-18(14-3-4-14)20(28)11-21(19)29/h5-6,9-11,14,28-29H,3-4,7-8,12H2,1-2H3. The molecule has 2 N–H and O–H groups in total. The van der Waals surface area contributed by atoms with Crippen LogP contribution in [0.5, 0.6) is 11.5 Å². The second-order valence-corrected chi connectivity index (χ2v) is 8.47. The molecule has 0 amide bonds. The Morgan fingerprint density at radius 2 is 1.93 bits per heavy atom. The summed E-state index contributed by atoms with van der Waals surface area (Å²) in [7, 11) is 2.11. The lowest BCUT2D eigenvalue weighted by Crippen LogP contribution is -2.26. The number of benzene rings is 2. The summed E-state index contributed by atoms with van der Waals surface area (Å²) in [5.41, 5.74) is 5.45. The minimum Gasteiger partial charge on any atom is -0.508 e. The minimum atomic E-state index is -0.196. The van der Waals surface area contributed by atoms with Crippen LogP contribution >= 0.6 is 0 Å². The second kappa shape index (κ2) is 6.99. The summed E-state index contributed by atoms with van der Waals surface area (Å²) in [6.07, 6.45) is 2.96. The number of phenols is 2. The molecule has 2 heterocycles. The molecule has 0 unspecified atom stereocenters. The van der Waals surface area contributed by atoms with E-state index in [1.165, 1.54) is 24.1 Å². The molecule has 1 aromatic heterocycles. The maximum Gasteiger partial charge on any atom is 0.182 e. The Hall–Kier alpha value is -3.12. The number of hydrogen-bond acceptors (Lipinski definition) is 6. The van der Waals surface area contributed by atoms with Crippen LogP contribution in [-0.2, 0) is 13.0 Å². The Balaban J connectivity index is 1.68. The number of hydrogen-bond donors (Lipinski definition) is 2. The van der Waals surface area contributed by atoms with Crippen LogP contribution in [-0.4, -0.2) is 39.6 Å². The number of carbonyl (C=O) groups excluding carboxylic acids is 1. The van der Waals surface area contributed by atoms with Crippen LogP contribution in [0.4, 0.5) is 0 Å². The average molecular weight is 404 g/mol. The molecule has 0 atom stereocenters. The van der Waals surface area contributed by atoms with Gasteiger partial charge in [-0.2, -0.15) is 0 Å². The van der Waals surface area contributed by atoms with Crippen LogP contribution < -0.4 is 0 Å². The Labute approximate surface area is 174 Å². The topological polar surface area (TPSA) is 86.8 Å². The van der Waals surface area contributed by atoms with Gasteiger partial charge in [-0.25, -0.2) is 0 Å². The van der Waals surface area contributed by atoms with Crippen LogP contribution in [0.1, 0.15) is 52.9 Å². The lowest BCUT2D eigenvalue weighted by atomic mass is 9.91. The lowest BCUT2D eigenvalue weighted by Gasteiger charge is -2.25. The van der Waals surface area contributed by atoms with Crippen LogP contribution in [0.15, 0.2) is 34.9 Å². The Kier molecular flexibility index (Phi) is 4.40. The third-order valence-electron chi connectivity index (χ3n) is 6.13. The van der Waals surface area contributed by atoms with Crippen molar-refractivity contribution < 1.29 is 19.5 Å². The largest absolute Gasteiger partial charge is 0.508 e. The van der Waals surface area contributed by atoms with E-state index < -0.39 is 0 Å². The zero-order valence-corrected chi connectivity index (χ0v) is 17.1. The van der Waals surface area contributed by atoms with Gasteiger partial charge in [0.1, 0.15) is 11.5 Å². The van der Waals surface area contributed by atoms with Gasteiger partial charge in [-0.1, -0.05) is 23.4 Å². The fraction of sp³-hybridized carbons (Fsp3) is 0.333. The molecular formula is C24H24N2O4. The van der Waals surface area contributed by atoms with Crippen LogP contribution in [0.3, 0.4) is 0 Å². The van der Waals surface area contributed by atoms with Crippen molar-refractivity contribution in [1.82, 2.24) is 10.1 Å². The van der Waals surface area contributed by atoms with E-state index in [9.17, 15) is 15.0 Å². The second-order valence-electron chi connectivity index (χ2n) is 8.47. The number of Topliss-reactive ketones (excluding diaryl/α,β-unsaturated/α-hetero) is 1. The SMILES string of the molecule is CC(=O)c1noc(-c2cc(C3CC3)c(O)cc2O)c1-c1ccc2c(c1)CCN(C)C2. The molecule has 0 bridgehead atoms. The Morgan fingerprint density at radius 1 is 1.13 bits per heavy atom. The first-order valence-electron chi connectivity index (χ1n) is 10.3. The van der Waals surface area contributed by atoms with E-state index in [0.29, 0.717) is 22.8 Å². The normalized spacial score (nSPS) is 16.5. The number of likely N-dealkylation sites (N-methyl/N-ethyl adjacent to an activating group) is 1. The smallest absolute Gasteiger partial charge is 0.182 e. The van der Waals surface area contributed by atoms with Crippen molar-refractivity contribution in [2.75, 3.05) is 13.6 Å². The molecular weight excluding hydrogens is 380 g/mol. The molecule has 5 rings (SSSR count).